The van der Waals surface area contributed by atoms with Crippen LogP contribution in [0.3, 0.4) is 0 Å². The molecular formula is C18H21IN2O. The van der Waals surface area contributed by atoms with Crippen LogP contribution in [-0.4, -0.2) is 29.2 Å². The van der Waals surface area contributed by atoms with E-state index in [9.17, 15) is 0 Å². The molecule has 1 aromatic heterocycles. The Morgan fingerprint density at radius 3 is 2.68 bits per heavy atom. The topological polar surface area (TPSA) is 29.3 Å². The van der Waals surface area contributed by atoms with Crippen LogP contribution in [0.4, 0.5) is 0 Å². The van der Waals surface area contributed by atoms with Crippen LogP contribution in [0.25, 0.3) is 0 Å². The zero-order valence-corrected chi connectivity index (χ0v) is 15.2. The molecule has 0 aliphatic carbocycles. The maximum absolute atomic E-state index is 5.70. The number of fused-ring (bicyclic) bond motifs is 2. The molecule has 2 aliphatic rings. The standard InChI is InChI=1S/C18H21IN2O/c1-11-9-17(22-20-11)18-15(12-3-5-13(19)6-4-12)10-14-7-8-16(18)21(14)2/h3-6,9,14-16,18H,7-8,10H2,1-2H3/t14-,15-,16?,18?/m1/s1. The number of likely N-dealkylation sites (N-methyl/N-ethyl adjacent to an activating group) is 1. The highest BCUT2D eigenvalue weighted by Gasteiger charge is 2.47. The number of rotatable bonds is 2. The van der Waals surface area contributed by atoms with Crippen molar-refractivity contribution in [3.63, 3.8) is 0 Å². The Morgan fingerprint density at radius 1 is 1.23 bits per heavy atom. The van der Waals surface area contributed by atoms with Crippen molar-refractivity contribution >= 4 is 22.6 Å². The molecule has 4 rings (SSSR count). The van der Waals surface area contributed by atoms with Crippen LogP contribution in [-0.2, 0) is 0 Å². The first-order valence-corrected chi connectivity index (χ1v) is 9.12. The predicted molar refractivity (Wildman–Crippen MR) is 95.1 cm³/mol. The van der Waals surface area contributed by atoms with E-state index in [4.69, 9.17) is 4.52 Å². The molecule has 0 N–H and O–H groups in total. The van der Waals surface area contributed by atoms with Crippen molar-refractivity contribution in [3.8, 4) is 0 Å². The summed E-state index contributed by atoms with van der Waals surface area (Å²) in [5.41, 5.74) is 2.43. The minimum Gasteiger partial charge on any atom is -0.361 e. The Hall–Kier alpha value is -0.880. The molecule has 22 heavy (non-hydrogen) atoms. The van der Waals surface area contributed by atoms with Gasteiger partial charge in [0.15, 0.2) is 0 Å². The Balaban J connectivity index is 1.76. The second kappa shape index (κ2) is 5.64. The van der Waals surface area contributed by atoms with Crippen LogP contribution < -0.4 is 0 Å². The molecule has 2 bridgehead atoms. The number of aryl methyl sites for hydroxylation is 1. The largest absolute Gasteiger partial charge is 0.361 e. The SMILES string of the molecule is Cc1cc(C2C3CC[C@H](C[C@@H]2c2ccc(I)cc2)N3C)on1. The van der Waals surface area contributed by atoms with Crippen LogP contribution in [0.1, 0.15) is 48.1 Å². The van der Waals surface area contributed by atoms with Gasteiger partial charge in [-0.2, -0.15) is 0 Å². The summed E-state index contributed by atoms with van der Waals surface area (Å²) in [6, 6.07) is 12.5. The monoisotopic (exact) mass is 408 g/mol. The Labute approximate surface area is 145 Å². The van der Waals surface area contributed by atoms with E-state index in [1.807, 2.05) is 6.92 Å². The van der Waals surface area contributed by atoms with Crippen molar-refractivity contribution in [2.24, 2.45) is 0 Å². The summed E-state index contributed by atoms with van der Waals surface area (Å²) in [6.45, 7) is 2.01. The highest BCUT2D eigenvalue weighted by atomic mass is 127. The number of halogens is 1. The lowest BCUT2D eigenvalue weighted by Crippen LogP contribution is -2.44. The number of piperidine rings is 1. The first kappa shape index (κ1) is 14.7. The Bertz CT molecular complexity index is 666. The van der Waals surface area contributed by atoms with E-state index in [0.717, 1.165) is 17.5 Å². The van der Waals surface area contributed by atoms with Crippen LogP contribution >= 0.6 is 22.6 Å². The van der Waals surface area contributed by atoms with E-state index in [0.29, 0.717) is 17.9 Å². The van der Waals surface area contributed by atoms with E-state index in [2.05, 4.69) is 70.0 Å². The van der Waals surface area contributed by atoms with Gasteiger partial charge in [-0.15, -0.1) is 0 Å². The van der Waals surface area contributed by atoms with E-state index < -0.39 is 0 Å². The third kappa shape index (κ3) is 2.40. The smallest absolute Gasteiger partial charge is 0.142 e. The molecular weight excluding hydrogens is 387 g/mol. The molecule has 1 aromatic carbocycles. The van der Waals surface area contributed by atoms with Gasteiger partial charge in [0, 0.05) is 27.6 Å². The number of aromatic nitrogens is 1. The van der Waals surface area contributed by atoms with Gasteiger partial charge in [0.25, 0.3) is 0 Å². The lowest BCUT2D eigenvalue weighted by Gasteiger charge is -2.42. The highest BCUT2D eigenvalue weighted by Crippen LogP contribution is 2.50. The molecule has 0 amide bonds. The summed E-state index contributed by atoms with van der Waals surface area (Å²) in [4.78, 5) is 2.58. The first-order chi connectivity index (χ1) is 10.6. The summed E-state index contributed by atoms with van der Waals surface area (Å²) in [5, 5.41) is 4.15. The van der Waals surface area contributed by atoms with Gasteiger partial charge in [-0.05, 0) is 79.4 Å². The van der Waals surface area contributed by atoms with Gasteiger partial charge in [-0.1, -0.05) is 17.3 Å². The maximum atomic E-state index is 5.70. The van der Waals surface area contributed by atoms with Gasteiger partial charge in [-0.25, -0.2) is 0 Å². The lowest BCUT2D eigenvalue weighted by atomic mass is 9.75. The molecule has 3 nitrogen and oxygen atoms in total. The minimum absolute atomic E-state index is 0.421. The number of benzene rings is 1. The van der Waals surface area contributed by atoms with Gasteiger partial charge >= 0.3 is 0 Å². The van der Waals surface area contributed by atoms with Crippen LogP contribution in [0, 0.1) is 10.5 Å². The molecule has 2 fully saturated rings. The summed E-state index contributed by atoms with van der Waals surface area (Å²) < 4.78 is 7.00. The molecule has 2 saturated heterocycles. The molecule has 4 atom stereocenters. The summed E-state index contributed by atoms with van der Waals surface area (Å²) >= 11 is 2.37. The van der Waals surface area contributed by atoms with Crippen LogP contribution in [0.2, 0.25) is 0 Å². The minimum atomic E-state index is 0.421. The zero-order chi connectivity index (χ0) is 15.3. The van der Waals surface area contributed by atoms with Crippen molar-refractivity contribution in [2.75, 3.05) is 7.05 Å². The highest BCUT2D eigenvalue weighted by molar-refractivity contribution is 14.1. The molecule has 116 valence electrons. The van der Waals surface area contributed by atoms with Crippen LogP contribution in [0.5, 0.6) is 0 Å². The Kier molecular flexibility index (Phi) is 3.77. The Morgan fingerprint density at radius 2 is 2.00 bits per heavy atom. The van der Waals surface area contributed by atoms with Gasteiger partial charge in [0.05, 0.1) is 5.69 Å². The second-order valence-corrected chi connectivity index (χ2v) is 8.00. The van der Waals surface area contributed by atoms with Crippen molar-refractivity contribution < 1.29 is 4.52 Å². The zero-order valence-electron chi connectivity index (χ0n) is 13.0. The lowest BCUT2D eigenvalue weighted by molar-refractivity contribution is 0.122. The molecule has 0 saturated carbocycles. The third-order valence-electron chi connectivity index (χ3n) is 5.54. The number of nitrogens with zero attached hydrogens (tertiary/aromatic N) is 2. The molecule has 4 heteroatoms. The molecule has 2 aromatic rings. The first-order valence-electron chi connectivity index (χ1n) is 8.04. The van der Waals surface area contributed by atoms with Gasteiger partial charge in [0.1, 0.15) is 5.76 Å². The van der Waals surface area contributed by atoms with Crippen molar-refractivity contribution in [1.82, 2.24) is 10.1 Å². The third-order valence-corrected chi connectivity index (χ3v) is 6.26. The van der Waals surface area contributed by atoms with E-state index in [1.54, 1.807) is 0 Å². The van der Waals surface area contributed by atoms with Gasteiger partial charge in [-0.3, -0.25) is 4.90 Å². The summed E-state index contributed by atoms with van der Waals surface area (Å²) in [6.07, 6.45) is 3.80. The van der Waals surface area contributed by atoms with Crippen molar-refractivity contribution in [2.45, 2.75) is 50.1 Å². The fraction of sp³-hybridized carbons (Fsp3) is 0.500. The second-order valence-electron chi connectivity index (χ2n) is 6.75. The number of hydrogen-bond acceptors (Lipinski definition) is 3. The molecule has 3 heterocycles. The molecule has 0 spiro atoms. The summed E-state index contributed by atoms with van der Waals surface area (Å²) in [5.74, 6) is 2.03. The average molecular weight is 408 g/mol. The number of hydrogen-bond donors (Lipinski definition) is 0. The normalized spacial score (nSPS) is 31.6. The van der Waals surface area contributed by atoms with E-state index in [1.165, 1.54) is 28.4 Å². The van der Waals surface area contributed by atoms with Gasteiger partial charge < -0.3 is 4.52 Å². The molecule has 2 aliphatic heterocycles. The van der Waals surface area contributed by atoms with Gasteiger partial charge in [0.2, 0.25) is 0 Å². The molecule has 0 radical (unpaired) electrons. The summed E-state index contributed by atoms with van der Waals surface area (Å²) in [7, 11) is 2.28. The fourth-order valence-electron chi connectivity index (χ4n) is 4.45. The van der Waals surface area contributed by atoms with E-state index in [-0.39, 0.29) is 0 Å². The average Bonchev–Trinajstić information content (AvgIpc) is 3.02. The van der Waals surface area contributed by atoms with E-state index >= 15 is 0 Å². The quantitative estimate of drug-likeness (QED) is 0.694. The maximum Gasteiger partial charge on any atom is 0.142 e. The predicted octanol–water partition coefficient (Wildman–Crippen LogP) is 4.32. The van der Waals surface area contributed by atoms with Crippen LogP contribution in [0.15, 0.2) is 34.9 Å². The van der Waals surface area contributed by atoms with Crippen molar-refractivity contribution in [1.29, 1.82) is 0 Å². The van der Waals surface area contributed by atoms with Crippen molar-refractivity contribution in [3.05, 3.63) is 50.9 Å². The fourth-order valence-corrected chi connectivity index (χ4v) is 4.81. The molecule has 2 unspecified atom stereocenters.